The number of sulfone groups is 1. The van der Waals surface area contributed by atoms with E-state index in [9.17, 15) is 18.0 Å². The van der Waals surface area contributed by atoms with Crippen LogP contribution in [0.5, 0.6) is 0 Å². The molecule has 1 saturated heterocycles. The molecule has 2 aliphatic rings. The molecular formula is C15H27N3O4S. The van der Waals surface area contributed by atoms with E-state index in [2.05, 4.69) is 10.6 Å². The van der Waals surface area contributed by atoms with E-state index in [1.807, 2.05) is 6.92 Å². The summed E-state index contributed by atoms with van der Waals surface area (Å²) in [5.74, 6) is 0.433. The molecule has 0 aromatic heterocycles. The predicted octanol–water partition coefficient (Wildman–Crippen LogP) is 0.511. The third kappa shape index (κ3) is 5.67. The first-order valence-corrected chi connectivity index (χ1v) is 10.2. The maximum absolute atomic E-state index is 12.2. The van der Waals surface area contributed by atoms with Crippen LogP contribution in [0.1, 0.15) is 39.0 Å². The second kappa shape index (κ2) is 7.99. The van der Waals surface area contributed by atoms with Crippen molar-refractivity contribution in [1.29, 1.82) is 0 Å². The first-order chi connectivity index (χ1) is 10.9. The largest absolute Gasteiger partial charge is 0.338 e. The molecule has 0 unspecified atom stereocenters. The van der Waals surface area contributed by atoms with Crippen LogP contribution in [-0.2, 0) is 14.6 Å². The molecule has 7 nitrogen and oxygen atoms in total. The Labute approximate surface area is 138 Å². The monoisotopic (exact) mass is 345 g/mol. The smallest absolute Gasteiger partial charge is 0.315 e. The molecule has 2 N–H and O–H groups in total. The normalized spacial score (nSPS) is 24.9. The number of urea groups is 1. The highest BCUT2D eigenvalue weighted by molar-refractivity contribution is 7.91. The minimum Gasteiger partial charge on any atom is -0.338 e. The van der Waals surface area contributed by atoms with Gasteiger partial charge in [-0.25, -0.2) is 13.2 Å². The van der Waals surface area contributed by atoms with Crippen LogP contribution in [0.25, 0.3) is 0 Å². The molecule has 0 aromatic carbocycles. The van der Waals surface area contributed by atoms with Crippen molar-refractivity contribution in [2.75, 3.05) is 31.1 Å². The summed E-state index contributed by atoms with van der Waals surface area (Å²) in [6.07, 6.45) is 5.20. The zero-order valence-corrected chi connectivity index (χ0v) is 14.5. The molecule has 0 aromatic rings. The number of carbonyl (C=O) groups is 2. The van der Waals surface area contributed by atoms with Crippen molar-refractivity contribution >= 4 is 21.8 Å². The van der Waals surface area contributed by atoms with Gasteiger partial charge in [0, 0.05) is 19.1 Å². The Morgan fingerprint density at radius 2 is 1.78 bits per heavy atom. The number of hydrogen-bond acceptors (Lipinski definition) is 4. The van der Waals surface area contributed by atoms with Crippen LogP contribution in [0.15, 0.2) is 0 Å². The van der Waals surface area contributed by atoms with E-state index >= 15 is 0 Å². The number of carbonyl (C=O) groups excluding carboxylic acids is 2. The molecule has 1 heterocycles. The van der Waals surface area contributed by atoms with Crippen LogP contribution >= 0.6 is 0 Å². The first-order valence-electron chi connectivity index (χ1n) is 8.39. The van der Waals surface area contributed by atoms with Crippen molar-refractivity contribution in [1.82, 2.24) is 15.5 Å². The number of hydrogen-bond donors (Lipinski definition) is 2. The van der Waals surface area contributed by atoms with Crippen molar-refractivity contribution in [2.24, 2.45) is 5.92 Å². The van der Waals surface area contributed by atoms with Gasteiger partial charge in [-0.2, -0.15) is 0 Å². The van der Waals surface area contributed by atoms with E-state index in [-0.39, 0.29) is 42.6 Å². The lowest BCUT2D eigenvalue weighted by Crippen LogP contribution is -2.47. The molecule has 1 atom stereocenters. The average Bonchev–Trinajstić information content (AvgIpc) is 2.97. The molecule has 2 fully saturated rings. The first kappa shape index (κ1) is 18.0. The summed E-state index contributed by atoms with van der Waals surface area (Å²) < 4.78 is 23.3. The molecule has 2 rings (SSSR count). The Morgan fingerprint density at radius 1 is 1.09 bits per heavy atom. The van der Waals surface area contributed by atoms with Gasteiger partial charge in [-0.3, -0.25) is 4.79 Å². The van der Waals surface area contributed by atoms with Crippen LogP contribution in [0, 0.1) is 5.92 Å². The molecule has 0 bridgehead atoms. The van der Waals surface area contributed by atoms with E-state index in [0.717, 1.165) is 12.8 Å². The number of nitrogens with one attached hydrogen (secondary N) is 2. The zero-order chi connectivity index (χ0) is 16.9. The number of nitrogens with zero attached hydrogens (tertiary/aromatic N) is 1. The molecule has 3 amide bonds. The lowest BCUT2D eigenvalue weighted by Gasteiger charge is -2.26. The van der Waals surface area contributed by atoms with E-state index in [1.54, 1.807) is 4.90 Å². The van der Waals surface area contributed by atoms with Crippen molar-refractivity contribution in [2.45, 2.75) is 45.1 Å². The zero-order valence-electron chi connectivity index (χ0n) is 13.7. The van der Waals surface area contributed by atoms with Crippen molar-refractivity contribution in [3.63, 3.8) is 0 Å². The quantitative estimate of drug-likeness (QED) is 0.776. The highest BCUT2D eigenvalue weighted by atomic mass is 32.2. The van der Waals surface area contributed by atoms with Gasteiger partial charge in [0.05, 0.1) is 18.1 Å². The van der Waals surface area contributed by atoms with E-state index in [0.29, 0.717) is 18.9 Å². The summed E-state index contributed by atoms with van der Waals surface area (Å²) in [6, 6.07) is -0.455. The molecular weight excluding hydrogens is 318 g/mol. The predicted molar refractivity (Wildman–Crippen MR) is 87.8 cm³/mol. The van der Waals surface area contributed by atoms with Gasteiger partial charge in [0.1, 0.15) is 0 Å². The second-order valence-corrected chi connectivity index (χ2v) is 8.89. The SMILES string of the molecule is C[C@H]1CCS(=O)(=O)CCN1C(=O)CNC(=O)NCC1CCCC1. The third-order valence-corrected chi connectivity index (χ3v) is 6.43. The molecule has 132 valence electrons. The van der Waals surface area contributed by atoms with Crippen molar-refractivity contribution in [3.8, 4) is 0 Å². The fraction of sp³-hybridized carbons (Fsp3) is 0.867. The number of rotatable bonds is 4. The molecule has 1 saturated carbocycles. The van der Waals surface area contributed by atoms with Gasteiger partial charge in [0.25, 0.3) is 0 Å². The Kier molecular flexibility index (Phi) is 6.26. The molecule has 1 aliphatic carbocycles. The standard InChI is InChI=1S/C15H27N3O4S/c1-12-6-8-23(21,22)9-7-18(12)14(19)11-17-15(20)16-10-13-4-2-3-5-13/h12-13H,2-11H2,1H3,(H2,16,17,20)/t12-/m0/s1. The molecule has 8 heteroatoms. The van der Waals surface area contributed by atoms with E-state index in [4.69, 9.17) is 0 Å². The fourth-order valence-electron chi connectivity index (χ4n) is 3.21. The third-order valence-electron chi connectivity index (χ3n) is 4.77. The summed E-state index contributed by atoms with van der Waals surface area (Å²) >= 11 is 0. The van der Waals surface area contributed by atoms with Crippen LogP contribution < -0.4 is 10.6 Å². The minimum atomic E-state index is -3.06. The topological polar surface area (TPSA) is 95.6 Å². The lowest BCUT2D eigenvalue weighted by atomic mass is 10.1. The highest BCUT2D eigenvalue weighted by Crippen LogP contribution is 2.23. The van der Waals surface area contributed by atoms with Crippen LogP contribution in [0.4, 0.5) is 4.79 Å². The van der Waals surface area contributed by atoms with Gasteiger partial charge < -0.3 is 15.5 Å². The van der Waals surface area contributed by atoms with Crippen molar-refractivity contribution in [3.05, 3.63) is 0 Å². The summed E-state index contributed by atoms with van der Waals surface area (Å²) in [5, 5.41) is 5.38. The van der Waals surface area contributed by atoms with Crippen molar-refractivity contribution < 1.29 is 18.0 Å². The van der Waals surface area contributed by atoms with Crippen LogP contribution in [-0.4, -0.2) is 62.4 Å². The highest BCUT2D eigenvalue weighted by Gasteiger charge is 2.27. The molecule has 23 heavy (non-hydrogen) atoms. The Balaban J connectivity index is 1.73. The molecule has 1 aliphatic heterocycles. The second-order valence-electron chi connectivity index (χ2n) is 6.59. The maximum Gasteiger partial charge on any atom is 0.315 e. The van der Waals surface area contributed by atoms with E-state index < -0.39 is 9.84 Å². The van der Waals surface area contributed by atoms with Gasteiger partial charge in [0.15, 0.2) is 9.84 Å². The van der Waals surface area contributed by atoms with Crippen LogP contribution in [0.3, 0.4) is 0 Å². The Bertz CT molecular complexity index is 529. The molecule has 0 spiro atoms. The lowest BCUT2D eigenvalue weighted by molar-refractivity contribution is -0.131. The maximum atomic E-state index is 12.2. The number of amides is 3. The van der Waals surface area contributed by atoms with E-state index in [1.165, 1.54) is 12.8 Å². The minimum absolute atomic E-state index is 0.00302. The van der Waals surface area contributed by atoms with Gasteiger partial charge >= 0.3 is 6.03 Å². The summed E-state index contributed by atoms with van der Waals surface area (Å²) in [4.78, 5) is 25.5. The average molecular weight is 345 g/mol. The van der Waals surface area contributed by atoms with Gasteiger partial charge in [-0.05, 0) is 32.1 Å². The Hall–Kier alpha value is -1.31. The van der Waals surface area contributed by atoms with Crippen LogP contribution in [0.2, 0.25) is 0 Å². The van der Waals surface area contributed by atoms with Gasteiger partial charge in [-0.15, -0.1) is 0 Å². The molecule has 0 radical (unpaired) electrons. The van der Waals surface area contributed by atoms with Gasteiger partial charge in [0.2, 0.25) is 5.91 Å². The fourth-order valence-corrected chi connectivity index (χ4v) is 4.59. The Morgan fingerprint density at radius 3 is 2.48 bits per heavy atom. The summed E-state index contributed by atoms with van der Waals surface area (Å²) in [5.41, 5.74) is 0. The van der Waals surface area contributed by atoms with Gasteiger partial charge in [-0.1, -0.05) is 12.8 Å². The summed E-state index contributed by atoms with van der Waals surface area (Å²) in [7, 11) is -3.06. The summed E-state index contributed by atoms with van der Waals surface area (Å²) in [6.45, 7) is 2.60.